The standard InChI is InChI=1S/C16H24N2/c1-16(17)11-18-10-15(16)14-7-3-6-13(9-14)8-12-4-2-5-12/h3,6-7,9,12,15,18H,2,4-5,8,10-11,17H2,1H3. The zero-order valence-electron chi connectivity index (χ0n) is 11.3. The molecule has 1 saturated carbocycles. The molecule has 3 N–H and O–H groups in total. The van der Waals surface area contributed by atoms with Crippen LogP contribution in [0.1, 0.15) is 43.2 Å². The monoisotopic (exact) mass is 244 g/mol. The van der Waals surface area contributed by atoms with Crippen molar-refractivity contribution in [2.45, 2.75) is 44.1 Å². The molecule has 1 aromatic rings. The number of nitrogens with one attached hydrogen (secondary N) is 1. The Morgan fingerprint density at radius 1 is 1.39 bits per heavy atom. The van der Waals surface area contributed by atoms with Crippen molar-refractivity contribution >= 4 is 0 Å². The van der Waals surface area contributed by atoms with Crippen LogP contribution in [0.25, 0.3) is 0 Å². The van der Waals surface area contributed by atoms with Crippen molar-refractivity contribution in [1.29, 1.82) is 0 Å². The Labute approximate surface area is 110 Å². The third-order valence-corrected chi connectivity index (χ3v) is 4.75. The molecule has 2 aliphatic rings. The van der Waals surface area contributed by atoms with Crippen molar-refractivity contribution in [2.75, 3.05) is 13.1 Å². The molecular weight excluding hydrogens is 220 g/mol. The van der Waals surface area contributed by atoms with Crippen LogP contribution in [0.2, 0.25) is 0 Å². The van der Waals surface area contributed by atoms with Gasteiger partial charge < -0.3 is 11.1 Å². The Kier molecular flexibility index (Phi) is 3.16. The lowest BCUT2D eigenvalue weighted by Gasteiger charge is -2.28. The fourth-order valence-electron chi connectivity index (χ4n) is 3.31. The molecule has 0 aromatic heterocycles. The Morgan fingerprint density at radius 3 is 2.83 bits per heavy atom. The van der Waals surface area contributed by atoms with Crippen molar-refractivity contribution in [3.05, 3.63) is 35.4 Å². The highest BCUT2D eigenvalue weighted by molar-refractivity contribution is 5.31. The lowest BCUT2D eigenvalue weighted by molar-refractivity contribution is 0.314. The number of benzene rings is 1. The molecule has 2 nitrogen and oxygen atoms in total. The van der Waals surface area contributed by atoms with Gasteiger partial charge in [0.25, 0.3) is 0 Å². The lowest BCUT2D eigenvalue weighted by atomic mass is 9.79. The second kappa shape index (κ2) is 4.67. The molecule has 2 unspecified atom stereocenters. The molecule has 1 aliphatic heterocycles. The van der Waals surface area contributed by atoms with E-state index in [2.05, 4.69) is 36.5 Å². The minimum Gasteiger partial charge on any atom is -0.324 e. The van der Waals surface area contributed by atoms with E-state index in [1.807, 2.05) is 0 Å². The fraction of sp³-hybridized carbons (Fsp3) is 0.625. The van der Waals surface area contributed by atoms with E-state index in [0.717, 1.165) is 19.0 Å². The lowest BCUT2D eigenvalue weighted by Crippen LogP contribution is -2.42. The highest BCUT2D eigenvalue weighted by Gasteiger charge is 2.36. The van der Waals surface area contributed by atoms with E-state index in [4.69, 9.17) is 5.73 Å². The molecule has 2 heteroatoms. The van der Waals surface area contributed by atoms with Crippen molar-refractivity contribution in [3.8, 4) is 0 Å². The molecule has 2 atom stereocenters. The number of hydrogen-bond donors (Lipinski definition) is 2. The number of rotatable bonds is 3. The van der Waals surface area contributed by atoms with Gasteiger partial charge in [-0.1, -0.05) is 43.5 Å². The van der Waals surface area contributed by atoms with Crippen molar-refractivity contribution < 1.29 is 0 Å². The first-order valence-corrected chi connectivity index (χ1v) is 7.23. The second-order valence-electron chi connectivity index (χ2n) is 6.44. The van der Waals surface area contributed by atoms with E-state index in [0.29, 0.717) is 5.92 Å². The van der Waals surface area contributed by atoms with Crippen LogP contribution in [-0.2, 0) is 6.42 Å². The van der Waals surface area contributed by atoms with E-state index in [9.17, 15) is 0 Å². The molecule has 1 heterocycles. The highest BCUT2D eigenvalue weighted by atomic mass is 15.0. The van der Waals surface area contributed by atoms with Crippen LogP contribution >= 0.6 is 0 Å². The van der Waals surface area contributed by atoms with Crippen LogP contribution in [-0.4, -0.2) is 18.6 Å². The molecule has 0 amide bonds. The van der Waals surface area contributed by atoms with Crippen LogP contribution in [0.4, 0.5) is 0 Å². The Hall–Kier alpha value is -0.860. The number of hydrogen-bond acceptors (Lipinski definition) is 2. The zero-order chi connectivity index (χ0) is 12.6. The van der Waals surface area contributed by atoms with Gasteiger partial charge in [-0.2, -0.15) is 0 Å². The SMILES string of the molecule is CC1(N)CNCC1c1cccc(CC2CCC2)c1. The maximum absolute atomic E-state index is 6.38. The van der Waals surface area contributed by atoms with Gasteiger partial charge in [0.2, 0.25) is 0 Å². The molecule has 1 aliphatic carbocycles. The topological polar surface area (TPSA) is 38.0 Å². The smallest absolute Gasteiger partial charge is 0.0333 e. The molecule has 18 heavy (non-hydrogen) atoms. The maximum Gasteiger partial charge on any atom is 0.0333 e. The van der Waals surface area contributed by atoms with E-state index >= 15 is 0 Å². The average Bonchev–Trinajstić information content (AvgIpc) is 2.64. The van der Waals surface area contributed by atoms with Crippen molar-refractivity contribution in [2.24, 2.45) is 11.7 Å². The highest BCUT2D eigenvalue weighted by Crippen LogP contribution is 2.33. The van der Waals surface area contributed by atoms with Gasteiger partial charge in [0, 0.05) is 24.5 Å². The summed E-state index contributed by atoms with van der Waals surface area (Å²) in [4.78, 5) is 0. The summed E-state index contributed by atoms with van der Waals surface area (Å²) >= 11 is 0. The fourth-order valence-corrected chi connectivity index (χ4v) is 3.31. The third-order valence-electron chi connectivity index (χ3n) is 4.75. The first-order valence-electron chi connectivity index (χ1n) is 7.23. The van der Waals surface area contributed by atoms with Crippen LogP contribution in [0.3, 0.4) is 0 Å². The second-order valence-corrected chi connectivity index (χ2v) is 6.44. The van der Waals surface area contributed by atoms with Gasteiger partial charge in [0.15, 0.2) is 0 Å². The van der Waals surface area contributed by atoms with Crippen LogP contribution in [0, 0.1) is 5.92 Å². The molecule has 1 saturated heterocycles. The van der Waals surface area contributed by atoms with E-state index < -0.39 is 0 Å². The average molecular weight is 244 g/mol. The summed E-state index contributed by atoms with van der Waals surface area (Å²) < 4.78 is 0. The molecule has 0 spiro atoms. The summed E-state index contributed by atoms with van der Waals surface area (Å²) in [6.45, 7) is 4.10. The van der Waals surface area contributed by atoms with Gasteiger partial charge in [-0.15, -0.1) is 0 Å². The van der Waals surface area contributed by atoms with E-state index in [-0.39, 0.29) is 5.54 Å². The summed E-state index contributed by atoms with van der Waals surface area (Å²) in [6, 6.07) is 9.12. The van der Waals surface area contributed by atoms with Gasteiger partial charge in [-0.25, -0.2) is 0 Å². The molecule has 3 rings (SSSR count). The summed E-state index contributed by atoms with van der Waals surface area (Å²) in [6.07, 6.45) is 5.53. The quantitative estimate of drug-likeness (QED) is 0.857. The predicted octanol–water partition coefficient (Wildman–Crippen LogP) is 2.43. The Morgan fingerprint density at radius 2 is 2.22 bits per heavy atom. The van der Waals surface area contributed by atoms with Gasteiger partial charge in [0.1, 0.15) is 0 Å². The van der Waals surface area contributed by atoms with Gasteiger partial charge in [-0.3, -0.25) is 0 Å². The van der Waals surface area contributed by atoms with Crippen LogP contribution in [0.15, 0.2) is 24.3 Å². The molecule has 1 aromatic carbocycles. The Balaban J connectivity index is 1.77. The molecule has 2 fully saturated rings. The number of nitrogens with two attached hydrogens (primary N) is 1. The van der Waals surface area contributed by atoms with Gasteiger partial charge in [0.05, 0.1) is 0 Å². The van der Waals surface area contributed by atoms with Crippen LogP contribution < -0.4 is 11.1 Å². The molecule has 98 valence electrons. The summed E-state index contributed by atoms with van der Waals surface area (Å²) in [5.74, 6) is 1.39. The molecule has 0 bridgehead atoms. The maximum atomic E-state index is 6.38. The zero-order valence-corrected chi connectivity index (χ0v) is 11.3. The Bertz CT molecular complexity index is 421. The first kappa shape index (κ1) is 12.2. The summed E-state index contributed by atoms with van der Waals surface area (Å²) in [7, 11) is 0. The first-order chi connectivity index (χ1) is 8.65. The van der Waals surface area contributed by atoms with E-state index in [1.165, 1.54) is 36.8 Å². The largest absolute Gasteiger partial charge is 0.324 e. The molecule has 0 radical (unpaired) electrons. The minimum absolute atomic E-state index is 0.102. The molecular formula is C16H24N2. The van der Waals surface area contributed by atoms with Crippen molar-refractivity contribution in [1.82, 2.24) is 5.32 Å². The normalized spacial score (nSPS) is 32.4. The predicted molar refractivity (Wildman–Crippen MR) is 75.7 cm³/mol. The summed E-state index contributed by atoms with van der Waals surface area (Å²) in [5, 5.41) is 3.42. The van der Waals surface area contributed by atoms with E-state index in [1.54, 1.807) is 0 Å². The van der Waals surface area contributed by atoms with Crippen molar-refractivity contribution in [3.63, 3.8) is 0 Å². The summed E-state index contributed by atoms with van der Waals surface area (Å²) in [5.41, 5.74) is 9.20. The van der Waals surface area contributed by atoms with Crippen LogP contribution in [0.5, 0.6) is 0 Å². The third kappa shape index (κ3) is 2.32. The van der Waals surface area contributed by atoms with Gasteiger partial charge >= 0.3 is 0 Å². The minimum atomic E-state index is -0.102. The van der Waals surface area contributed by atoms with Gasteiger partial charge in [-0.05, 0) is 30.4 Å².